The Bertz CT molecular complexity index is 657. The van der Waals surface area contributed by atoms with Crippen LogP contribution in [0.2, 0.25) is 0 Å². The molecule has 4 nitrogen and oxygen atoms in total. The number of rotatable bonds is 3. The number of carbonyl (C=O) groups excluding carboxylic acids is 2. The van der Waals surface area contributed by atoms with Crippen LogP contribution in [0.1, 0.15) is 38.7 Å². The molecule has 1 aromatic carbocycles. The lowest BCUT2D eigenvalue weighted by molar-refractivity contribution is -0.145. The zero-order chi connectivity index (χ0) is 17.6. The summed E-state index contributed by atoms with van der Waals surface area (Å²) in [5.74, 6) is 1.98. The molecule has 0 N–H and O–H groups in total. The first-order chi connectivity index (χ1) is 12.0. The fraction of sp³-hybridized carbons (Fsp3) is 0.619. The van der Waals surface area contributed by atoms with Crippen molar-refractivity contribution < 1.29 is 9.59 Å². The minimum Gasteiger partial charge on any atom is -0.342 e. The number of hydrogen-bond acceptors (Lipinski definition) is 2. The van der Waals surface area contributed by atoms with E-state index < -0.39 is 0 Å². The molecule has 2 unspecified atom stereocenters. The maximum atomic E-state index is 12.8. The molecule has 25 heavy (non-hydrogen) atoms. The van der Waals surface area contributed by atoms with Gasteiger partial charge in [-0.15, -0.1) is 0 Å². The molecule has 3 heterocycles. The third-order valence-corrected chi connectivity index (χ3v) is 6.44. The number of likely N-dealkylation sites (tertiary alicyclic amines) is 1. The fourth-order valence-electron chi connectivity index (χ4n) is 5.29. The molecule has 0 spiro atoms. The summed E-state index contributed by atoms with van der Waals surface area (Å²) in [6.45, 7) is 6.08. The average Bonchev–Trinajstić information content (AvgIpc) is 3.00. The van der Waals surface area contributed by atoms with Gasteiger partial charge in [0.2, 0.25) is 11.8 Å². The highest BCUT2D eigenvalue weighted by Gasteiger charge is 2.53. The van der Waals surface area contributed by atoms with Gasteiger partial charge in [-0.2, -0.15) is 0 Å². The second kappa shape index (κ2) is 6.47. The number of carbonyl (C=O) groups is 2. The number of piperidine rings is 2. The van der Waals surface area contributed by atoms with Crippen LogP contribution >= 0.6 is 0 Å². The lowest BCUT2D eigenvalue weighted by Crippen LogP contribution is -2.58. The Morgan fingerprint density at radius 2 is 1.88 bits per heavy atom. The van der Waals surface area contributed by atoms with E-state index in [9.17, 15) is 9.59 Å². The van der Waals surface area contributed by atoms with Gasteiger partial charge in [-0.05, 0) is 36.2 Å². The molecule has 4 atom stereocenters. The standard InChI is InChI=1S/C21H28N2O2/c1-14(2)18-11-17-13-22(20(25)10-15-6-4-3-5-7-15)12-16-8-9-19(24)23(18)21(16)17/h3-7,14,16-18,21H,8-13H2,1-2H3/t16-,17?,18-,21?/m1/s1. The molecule has 3 aliphatic heterocycles. The minimum atomic E-state index is 0.237. The zero-order valence-corrected chi connectivity index (χ0v) is 15.2. The van der Waals surface area contributed by atoms with Crippen LogP contribution in [0.4, 0.5) is 0 Å². The molecule has 3 aliphatic rings. The van der Waals surface area contributed by atoms with Gasteiger partial charge in [0.15, 0.2) is 0 Å². The molecule has 1 aromatic rings. The summed E-state index contributed by atoms with van der Waals surface area (Å²) < 4.78 is 0. The van der Waals surface area contributed by atoms with E-state index in [1.807, 2.05) is 30.3 Å². The highest BCUT2D eigenvalue weighted by Crippen LogP contribution is 2.45. The topological polar surface area (TPSA) is 40.6 Å². The van der Waals surface area contributed by atoms with Crippen LogP contribution in [0.3, 0.4) is 0 Å². The van der Waals surface area contributed by atoms with E-state index in [1.165, 1.54) is 0 Å². The highest BCUT2D eigenvalue weighted by atomic mass is 16.2. The molecule has 4 heteroatoms. The SMILES string of the molecule is CC(C)[C@H]1CC2CN(C(=O)Cc3ccccc3)C[C@H]3CCC(=O)N1C23. The lowest BCUT2D eigenvalue weighted by Gasteiger charge is -2.47. The van der Waals surface area contributed by atoms with Crippen molar-refractivity contribution in [3.05, 3.63) is 35.9 Å². The Morgan fingerprint density at radius 3 is 2.60 bits per heavy atom. The van der Waals surface area contributed by atoms with E-state index in [4.69, 9.17) is 0 Å². The number of amides is 2. The lowest BCUT2D eigenvalue weighted by atomic mass is 9.79. The number of hydrogen-bond donors (Lipinski definition) is 0. The van der Waals surface area contributed by atoms with Gasteiger partial charge in [0.25, 0.3) is 0 Å². The van der Waals surface area contributed by atoms with E-state index in [0.29, 0.717) is 48.6 Å². The summed E-state index contributed by atoms with van der Waals surface area (Å²) in [7, 11) is 0. The molecular weight excluding hydrogens is 312 g/mol. The first-order valence-electron chi connectivity index (χ1n) is 9.67. The zero-order valence-electron chi connectivity index (χ0n) is 15.2. The van der Waals surface area contributed by atoms with Gasteiger partial charge in [-0.1, -0.05) is 44.2 Å². The van der Waals surface area contributed by atoms with Gasteiger partial charge in [0.05, 0.1) is 6.42 Å². The molecule has 0 aliphatic carbocycles. The van der Waals surface area contributed by atoms with Crippen molar-refractivity contribution in [2.24, 2.45) is 17.8 Å². The molecule has 0 saturated carbocycles. The summed E-state index contributed by atoms with van der Waals surface area (Å²) in [4.78, 5) is 29.7. The summed E-state index contributed by atoms with van der Waals surface area (Å²) in [6.07, 6.45) is 3.13. The predicted molar refractivity (Wildman–Crippen MR) is 96.8 cm³/mol. The second-order valence-electron chi connectivity index (χ2n) is 8.36. The second-order valence-corrected chi connectivity index (χ2v) is 8.36. The van der Waals surface area contributed by atoms with E-state index >= 15 is 0 Å². The van der Waals surface area contributed by atoms with Crippen LogP contribution in [-0.2, 0) is 16.0 Å². The summed E-state index contributed by atoms with van der Waals surface area (Å²) in [6, 6.07) is 10.7. The molecule has 134 valence electrons. The van der Waals surface area contributed by atoms with Crippen LogP contribution in [0.5, 0.6) is 0 Å². The first-order valence-corrected chi connectivity index (χ1v) is 9.67. The molecule has 2 amide bonds. The Balaban J connectivity index is 1.51. The fourth-order valence-corrected chi connectivity index (χ4v) is 5.29. The molecule has 0 bridgehead atoms. The van der Waals surface area contributed by atoms with Crippen molar-refractivity contribution >= 4 is 11.8 Å². The van der Waals surface area contributed by atoms with Crippen molar-refractivity contribution in [1.29, 1.82) is 0 Å². The smallest absolute Gasteiger partial charge is 0.227 e. The van der Waals surface area contributed by atoms with Gasteiger partial charge in [0.1, 0.15) is 0 Å². The van der Waals surface area contributed by atoms with Crippen molar-refractivity contribution in [1.82, 2.24) is 9.80 Å². The number of benzene rings is 1. The Hall–Kier alpha value is -1.84. The van der Waals surface area contributed by atoms with Crippen molar-refractivity contribution in [2.45, 2.75) is 51.6 Å². The largest absolute Gasteiger partial charge is 0.342 e. The third-order valence-electron chi connectivity index (χ3n) is 6.44. The Kier molecular flexibility index (Phi) is 4.30. The van der Waals surface area contributed by atoms with Crippen LogP contribution < -0.4 is 0 Å². The van der Waals surface area contributed by atoms with Gasteiger partial charge in [0, 0.05) is 31.6 Å². The first kappa shape index (κ1) is 16.6. The molecule has 0 radical (unpaired) electrons. The quantitative estimate of drug-likeness (QED) is 0.849. The van der Waals surface area contributed by atoms with E-state index in [1.54, 1.807) is 0 Å². The highest BCUT2D eigenvalue weighted by molar-refractivity contribution is 5.80. The summed E-state index contributed by atoms with van der Waals surface area (Å²) in [5.41, 5.74) is 1.08. The molecule has 4 rings (SSSR count). The number of nitrogens with zero attached hydrogens (tertiary/aromatic N) is 2. The average molecular weight is 340 g/mol. The molecule has 0 aromatic heterocycles. The Labute approximate surface area is 150 Å². The van der Waals surface area contributed by atoms with Crippen LogP contribution in [-0.4, -0.2) is 46.8 Å². The van der Waals surface area contributed by atoms with Crippen molar-refractivity contribution in [2.75, 3.05) is 13.1 Å². The van der Waals surface area contributed by atoms with Crippen LogP contribution in [0, 0.1) is 17.8 Å². The van der Waals surface area contributed by atoms with Gasteiger partial charge >= 0.3 is 0 Å². The maximum Gasteiger partial charge on any atom is 0.227 e. The molecular formula is C21H28N2O2. The molecule has 3 fully saturated rings. The van der Waals surface area contributed by atoms with E-state index in [2.05, 4.69) is 23.6 Å². The van der Waals surface area contributed by atoms with Gasteiger partial charge < -0.3 is 9.80 Å². The third kappa shape index (κ3) is 2.96. The normalized spacial score (nSPS) is 31.4. The predicted octanol–water partition coefficient (Wildman–Crippen LogP) is 2.72. The van der Waals surface area contributed by atoms with Gasteiger partial charge in [-0.25, -0.2) is 0 Å². The van der Waals surface area contributed by atoms with Crippen LogP contribution in [0.25, 0.3) is 0 Å². The maximum absolute atomic E-state index is 12.8. The van der Waals surface area contributed by atoms with Crippen molar-refractivity contribution in [3.63, 3.8) is 0 Å². The summed E-state index contributed by atoms with van der Waals surface area (Å²) in [5, 5.41) is 0. The summed E-state index contributed by atoms with van der Waals surface area (Å²) >= 11 is 0. The minimum absolute atomic E-state index is 0.237. The van der Waals surface area contributed by atoms with E-state index in [-0.39, 0.29) is 5.91 Å². The Morgan fingerprint density at radius 1 is 1.16 bits per heavy atom. The van der Waals surface area contributed by atoms with Crippen LogP contribution in [0.15, 0.2) is 30.3 Å². The van der Waals surface area contributed by atoms with E-state index in [0.717, 1.165) is 31.5 Å². The van der Waals surface area contributed by atoms with Crippen molar-refractivity contribution in [3.8, 4) is 0 Å². The monoisotopic (exact) mass is 340 g/mol. The van der Waals surface area contributed by atoms with Gasteiger partial charge in [-0.3, -0.25) is 9.59 Å². The molecule has 3 saturated heterocycles.